The van der Waals surface area contributed by atoms with Crippen LogP contribution >= 0.6 is 0 Å². The molecule has 0 spiro atoms. The number of carbonyl (C=O) groups is 1. The molecule has 5 nitrogen and oxygen atoms in total. The van der Waals surface area contributed by atoms with Crippen LogP contribution in [-0.4, -0.2) is 57.9 Å². The lowest BCUT2D eigenvalue weighted by Gasteiger charge is -2.42. The van der Waals surface area contributed by atoms with Crippen LogP contribution in [0.4, 0.5) is 0 Å². The van der Waals surface area contributed by atoms with E-state index in [1.54, 1.807) is 0 Å². The van der Waals surface area contributed by atoms with Crippen molar-refractivity contribution in [3.63, 3.8) is 0 Å². The van der Waals surface area contributed by atoms with Crippen molar-refractivity contribution in [2.24, 2.45) is 0 Å². The van der Waals surface area contributed by atoms with E-state index in [0.29, 0.717) is 5.56 Å². The number of aldehydes is 1. The highest BCUT2D eigenvalue weighted by molar-refractivity contribution is 6.26. The summed E-state index contributed by atoms with van der Waals surface area (Å²) in [5.74, 6) is 0. The van der Waals surface area contributed by atoms with Crippen LogP contribution in [0.3, 0.4) is 0 Å². The molecule has 0 atom stereocenters. The summed E-state index contributed by atoms with van der Waals surface area (Å²) in [5, 5.41) is 0. The predicted octanol–water partition coefficient (Wildman–Crippen LogP) is 1.30. The molecule has 0 aromatic heterocycles. The van der Waals surface area contributed by atoms with Gasteiger partial charge in [0.1, 0.15) is 18.9 Å². The molecule has 1 rings (SSSR count). The van der Waals surface area contributed by atoms with E-state index >= 15 is 0 Å². The lowest BCUT2D eigenvalue weighted by molar-refractivity contribution is -0.0522. The third-order valence-electron chi connectivity index (χ3n) is 5.02. The molecule has 0 fully saturated rings. The Hall–Kier alpha value is -0.402. The summed E-state index contributed by atoms with van der Waals surface area (Å²) in [7, 11) is -2.54. The highest BCUT2D eigenvalue weighted by Gasteiger charge is 2.40. The average molecular weight is 459 g/mol. The van der Waals surface area contributed by atoms with Gasteiger partial charge in [0.2, 0.25) is 0 Å². The molecule has 0 amide bonds. The van der Waals surface area contributed by atoms with Crippen molar-refractivity contribution in [3.05, 3.63) is 34.9 Å². The molecular formula is C19H38O5Si4. The summed E-state index contributed by atoms with van der Waals surface area (Å²) >= 11 is 0. The first-order valence-corrected chi connectivity index (χ1v) is 18.2. The lowest BCUT2D eigenvalue weighted by Crippen LogP contribution is -2.45. The Morgan fingerprint density at radius 3 is 1.50 bits per heavy atom. The summed E-state index contributed by atoms with van der Waals surface area (Å²) in [5.41, 5.74) is 2.13. The molecule has 28 heavy (non-hydrogen) atoms. The Labute approximate surface area is 180 Å². The number of rotatable bonds is 13. The van der Waals surface area contributed by atoms with Gasteiger partial charge in [0.25, 0.3) is 0 Å². The summed E-state index contributed by atoms with van der Waals surface area (Å²) < 4.78 is 24.5. The van der Waals surface area contributed by atoms with Crippen LogP contribution in [0.5, 0.6) is 0 Å². The molecule has 0 bridgehead atoms. The van der Waals surface area contributed by atoms with E-state index in [1.807, 2.05) is 12.1 Å². The molecule has 9 heteroatoms. The van der Waals surface area contributed by atoms with Crippen molar-refractivity contribution in [2.45, 2.75) is 77.3 Å². The smallest absolute Gasteiger partial charge is 0.161 e. The Balaban J connectivity index is 3.58. The number of hydrogen-bond donors (Lipinski definition) is 0. The molecule has 0 heterocycles. The molecule has 0 unspecified atom stereocenters. The van der Waals surface area contributed by atoms with E-state index in [2.05, 4.69) is 59.9 Å². The summed E-state index contributed by atoms with van der Waals surface area (Å²) in [4.78, 5) is 11.5. The van der Waals surface area contributed by atoms with Gasteiger partial charge < -0.3 is 17.7 Å². The van der Waals surface area contributed by atoms with Gasteiger partial charge in [-0.1, -0.05) is 66.0 Å². The molecule has 0 N–H and O–H groups in total. The van der Waals surface area contributed by atoms with E-state index < -0.39 is 44.5 Å². The quantitative estimate of drug-likeness (QED) is 0.253. The van der Waals surface area contributed by atoms with Crippen molar-refractivity contribution in [3.8, 4) is 0 Å². The van der Waals surface area contributed by atoms with Crippen molar-refractivity contribution >= 4 is 45.3 Å². The van der Waals surface area contributed by atoms with Gasteiger partial charge in [0, 0.05) is 16.4 Å². The average Bonchev–Trinajstić information content (AvgIpc) is 2.67. The normalized spacial score (nSPS) is 16.4. The second kappa shape index (κ2) is 11.7. The number of hydrogen-bond acceptors (Lipinski definition) is 5. The van der Waals surface area contributed by atoms with Gasteiger partial charge in [0.05, 0.1) is 0 Å². The Kier molecular flexibility index (Phi) is 10.7. The van der Waals surface area contributed by atoms with Crippen molar-refractivity contribution in [1.82, 2.24) is 0 Å². The minimum Gasteiger partial charge on any atom is -0.400 e. The van der Waals surface area contributed by atoms with Crippen molar-refractivity contribution < 1.29 is 22.5 Å². The van der Waals surface area contributed by atoms with Gasteiger partial charge in [0.15, 0.2) is 39.1 Å². The second-order valence-electron chi connectivity index (χ2n) is 7.85. The first-order valence-electron chi connectivity index (χ1n) is 10.3. The molecular weight excluding hydrogens is 421 g/mol. The van der Waals surface area contributed by atoms with Crippen LogP contribution in [0.2, 0.25) is 26.2 Å². The monoisotopic (exact) mass is 458 g/mol. The van der Waals surface area contributed by atoms with Crippen LogP contribution < -0.4 is 0 Å². The zero-order chi connectivity index (χ0) is 21.4. The van der Waals surface area contributed by atoms with Gasteiger partial charge in [-0.25, -0.2) is 0 Å². The molecule has 0 aliphatic rings. The van der Waals surface area contributed by atoms with Crippen molar-refractivity contribution in [2.75, 3.05) is 0 Å². The largest absolute Gasteiger partial charge is 0.400 e. The third kappa shape index (κ3) is 6.05. The van der Waals surface area contributed by atoms with Gasteiger partial charge in [-0.15, -0.1) is 0 Å². The molecule has 0 saturated heterocycles. The van der Waals surface area contributed by atoms with Gasteiger partial charge in [-0.3, -0.25) is 4.79 Å². The predicted molar refractivity (Wildman–Crippen MR) is 127 cm³/mol. The maximum absolute atomic E-state index is 11.5. The summed E-state index contributed by atoms with van der Waals surface area (Å²) in [6, 6.07) is 5.92. The first-order chi connectivity index (χ1) is 13.2. The molecule has 0 saturated carbocycles. The third-order valence-corrected chi connectivity index (χ3v) is 7.56. The zero-order valence-electron chi connectivity index (χ0n) is 18.8. The van der Waals surface area contributed by atoms with Crippen LogP contribution in [0, 0.1) is 0 Å². The van der Waals surface area contributed by atoms with Crippen LogP contribution in [0.25, 0.3) is 0 Å². The highest BCUT2D eigenvalue weighted by atomic mass is 28.2. The molecule has 0 aliphatic carbocycles. The number of carbonyl (C=O) groups excluding carboxylic acids is 1. The SMILES string of the molecule is C[SiH2]OC(O[SiH2]C)C(C)(C)c1ccc(C=O)cc1C(C)(C)C(O[SiH2]C)O[SiH2]C. The van der Waals surface area contributed by atoms with E-state index in [-0.39, 0.29) is 18.0 Å². The van der Waals surface area contributed by atoms with Crippen LogP contribution in [-0.2, 0) is 28.5 Å². The standard InChI is InChI=1S/C19H38O5Si4/c1-18(2,16(21-25-5)22-26-6)14-10-9-13(12-20)11-15(14)19(3,4)17(23-27-7)24-28-8/h9-12,16-17H,25-28H2,1-8H3. The minimum absolute atomic E-state index is 0.265. The molecule has 160 valence electrons. The van der Waals surface area contributed by atoms with Gasteiger partial charge >= 0.3 is 0 Å². The maximum atomic E-state index is 11.5. The van der Waals surface area contributed by atoms with Crippen LogP contribution in [0.15, 0.2) is 18.2 Å². The topological polar surface area (TPSA) is 54.0 Å². The Morgan fingerprint density at radius 2 is 1.14 bits per heavy atom. The fourth-order valence-electron chi connectivity index (χ4n) is 3.52. The minimum atomic E-state index is -0.642. The van der Waals surface area contributed by atoms with E-state index in [4.69, 9.17) is 17.7 Å². The fraction of sp³-hybridized carbons (Fsp3) is 0.632. The second-order valence-corrected chi connectivity index (χ2v) is 11.5. The summed E-state index contributed by atoms with van der Waals surface area (Å²) in [6.45, 7) is 17.1. The van der Waals surface area contributed by atoms with E-state index in [0.717, 1.165) is 17.4 Å². The maximum Gasteiger partial charge on any atom is 0.161 e. The molecule has 0 aliphatic heterocycles. The van der Waals surface area contributed by atoms with E-state index in [9.17, 15) is 4.79 Å². The zero-order valence-corrected chi connectivity index (χ0v) is 24.5. The Morgan fingerprint density at radius 1 is 0.750 bits per heavy atom. The first kappa shape index (κ1) is 25.6. The highest BCUT2D eigenvalue weighted by Crippen LogP contribution is 2.40. The lowest BCUT2D eigenvalue weighted by atomic mass is 9.72. The molecule has 1 aromatic rings. The van der Waals surface area contributed by atoms with E-state index in [1.165, 1.54) is 0 Å². The van der Waals surface area contributed by atoms with Gasteiger partial charge in [-0.2, -0.15) is 0 Å². The Bertz CT molecular complexity index is 612. The summed E-state index contributed by atoms with van der Waals surface area (Å²) in [6.07, 6.45) is 0.344. The van der Waals surface area contributed by atoms with Gasteiger partial charge in [-0.05, 0) is 17.2 Å². The van der Waals surface area contributed by atoms with Crippen molar-refractivity contribution in [1.29, 1.82) is 0 Å². The molecule has 1 aromatic carbocycles. The van der Waals surface area contributed by atoms with Crippen LogP contribution in [0.1, 0.15) is 49.2 Å². The molecule has 0 radical (unpaired) electrons. The number of benzene rings is 1. The fourth-order valence-corrected chi connectivity index (χ4v) is 7.17.